The van der Waals surface area contributed by atoms with Crippen molar-refractivity contribution in [1.82, 2.24) is 5.32 Å². The Balaban J connectivity index is 1.56. The summed E-state index contributed by atoms with van der Waals surface area (Å²) in [6.07, 6.45) is 0.259. The minimum absolute atomic E-state index is 0.129. The molecular formula is C25H27NO3. The molecule has 1 unspecified atom stereocenters. The Morgan fingerprint density at radius 3 is 2.17 bits per heavy atom. The largest absolute Gasteiger partial charge is 0.494 e. The van der Waals surface area contributed by atoms with Gasteiger partial charge in [0.25, 0.3) is 0 Å². The van der Waals surface area contributed by atoms with Crippen LogP contribution in [0.2, 0.25) is 0 Å². The van der Waals surface area contributed by atoms with E-state index in [0.29, 0.717) is 6.61 Å². The first-order chi connectivity index (χ1) is 14.0. The lowest BCUT2D eigenvalue weighted by molar-refractivity contribution is -0.121. The number of rotatable bonds is 8. The zero-order chi connectivity index (χ0) is 20.7. The summed E-state index contributed by atoms with van der Waals surface area (Å²) in [7, 11) is 0. The zero-order valence-corrected chi connectivity index (χ0v) is 16.9. The number of benzene rings is 3. The van der Waals surface area contributed by atoms with Gasteiger partial charge in [-0.15, -0.1) is 0 Å². The Bertz CT molecular complexity index is 917. The summed E-state index contributed by atoms with van der Waals surface area (Å²) < 4.78 is 5.41. The molecule has 4 heteroatoms. The lowest BCUT2D eigenvalue weighted by Crippen LogP contribution is -2.39. The number of carbonyl (C=O) groups is 1. The van der Waals surface area contributed by atoms with Crippen molar-refractivity contribution < 1.29 is 14.6 Å². The third kappa shape index (κ3) is 5.69. The maximum atomic E-state index is 12.3. The molecule has 0 aliphatic rings. The second-order valence-corrected chi connectivity index (χ2v) is 7.25. The fraction of sp³-hybridized carbons (Fsp3) is 0.240. The van der Waals surface area contributed by atoms with E-state index in [1.807, 2.05) is 85.8 Å². The number of amides is 1. The summed E-state index contributed by atoms with van der Waals surface area (Å²) in [5.41, 5.74) is 2.73. The lowest BCUT2D eigenvalue weighted by Gasteiger charge is -2.24. The van der Waals surface area contributed by atoms with E-state index in [-0.39, 0.29) is 18.9 Å². The Morgan fingerprint density at radius 1 is 0.931 bits per heavy atom. The van der Waals surface area contributed by atoms with Gasteiger partial charge in [0.05, 0.1) is 19.6 Å². The van der Waals surface area contributed by atoms with Crippen LogP contribution in [-0.4, -0.2) is 24.2 Å². The van der Waals surface area contributed by atoms with Gasteiger partial charge in [0, 0.05) is 0 Å². The molecule has 0 aliphatic heterocycles. The molecule has 1 atom stereocenters. The number of ether oxygens (including phenoxy) is 1. The van der Waals surface area contributed by atoms with Crippen molar-refractivity contribution in [3.05, 3.63) is 90.0 Å². The highest BCUT2D eigenvalue weighted by Gasteiger charge is 2.23. The zero-order valence-electron chi connectivity index (χ0n) is 16.9. The average Bonchev–Trinajstić information content (AvgIpc) is 2.75. The molecule has 0 bridgehead atoms. The van der Waals surface area contributed by atoms with E-state index in [1.54, 1.807) is 6.92 Å². The molecule has 29 heavy (non-hydrogen) atoms. The highest BCUT2D eigenvalue weighted by molar-refractivity contribution is 5.78. The minimum Gasteiger partial charge on any atom is -0.494 e. The van der Waals surface area contributed by atoms with E-state index >= 15 is 0 Å². The number of nitrogens with one attached hydrogen (secondary N) is 1. The van der Waals surface area contributed by atoms with Crippen LogP contribution < -0.4 is 10.1 Å². The van der Waals surface area contributed by atoms with Gasteiger partial charge in [-0.25, -0.2) is 0 Å². The Kier molecular flexibility index (Phi) is 6.68. The summed E-state index contributed by atoms with van der Waals surface area (Å²) in [6, 6.07) is 25.3. The predicted octanol–water partition coefficient (Wildman–Crippen LogP) is 4.32. The Hall–Kier alpha value is -3.11. The molecule has 2 N–H and O–H groups in total. The molecule has 0 radical (unpaired) electrons. The number of hydrogen-bond donors (Lipinski definition) is 2. The van der Waals surface area contributed by atoms with E-state index < -0.39 is 5.60 Å². The van der Waals surface area contributed by atoms with Gasteiger partial charge in [0.15, 0.2) is 0 Å². The van der Waals surface area contributed by atoms with Gasteiger partial charge >= 0.3 is 0 Å². The molecule has 0 spiro atoms. The first kappa shape index (κ1) is 20.6. The third-order valence-electron chi connectivity index (χ3n) is 4.84. The molecule has 150 valence electrons. The van der Waals surface area contributed by atoms with E-state index in [1.165, 1.54) is 0 Å². The van der Waals surface area contributed by atoms with Crippen molar-refractivity contribution in [2.45, 2.75) is 25.9 Å². The van der Waals surface area contributed by atoms with Gasteiger partial charge in [0.1, 0.15) is 11.4 Å². The summed E-state index contributed by atoms with van der Waals surface area (Å²) in [5, 5.41) is 13.7. The highest BCUT2D eigenvalue weighted by Crippen LogP contribution is 2.25. The van der Waals surface area contributed by atoms with Crippen molar-refractivity contribution >= 4 is 5.91 Å². The van der Waals surface area contributed by atoms with Crippen LogP contribution in [-0.2, 0) is 16.8 Å². The van der Waals surface area contributed by atoms with Gasteiger partial charge in [-0.1, -0.05) is 66.7 Å². The third-order valence-corrected chi connectivity index (χ3v) is 4.84. The van der Waals surface area contributed by atoms with Crippen molar-refractivity contribution in [2.75, 3.05) is 13.2 Å². The summed E-state index contributed by atoms with van der Waals surface area (Å²) in [5.74, 6) is 0.661. The molecule has 3 aromatic carbocycles. The molecule has 0 aliphatic carbocycles. The van der Waals surface area contributed by atoms with Crippen LogP contribution in [0.5, 0.6) is 5.75 Å². The second-order valence-electron chi connectivity index (χ2n) is 7.25. The van der Waals surface area contributed by atoms with Gasteiger partial charge in [0.2, 0.25) is 5.91 Å². The van der Waals surface area contributed by atoms with Gasteiger partial charge in [-0.2, -0.15) is 0 Å². The van der Waals surface area contributed by atoms with E-state index in [2.05, 4.69) is 5.32 Å². The number of carbonyl (C=O) groups excluding carboxylic acids is 1. The predicted molar refractivity (Wildman–Crippen MR) is 116 cm³/mol. The maximum absolute atomic E-state index is 12.3. The van der Waals surface area contributed by atoms with Crippen LogP contribution in [0.25, 0.3) is 11.1 Å². The van der Waals surface area contributed by atoms with Crippen molar-refractivity contribution in [3.8, 4) is 16.9 Å². The number of hydrogen-bond acceptors (Lipinski definition) is 3. The van der Waals surface area contributed by atoms with Crippen molar-refractivity contribution in [2.24, 2.45) is 0 Å². The van der Waals surface area contributed by atoms with E-state index in [0.717, 1.165) is 28.0 Å². The molecule has 0 saturated carbocycles. The van der Waals surface area contributed by atoms with Crippen molar-refractivity contribution in [3.63, 3.8) is 0 Å². The molecule has 0 heterocycles. The Labute approximate surface area is 172 Å². The quantitative estimate of drug-likeness (QED) is 0.603. The summed E-state index contributed by atoms with van der Waals surface area (Å²) >= 11 is 0. The molecule has 1 amide bonds. The SMILES string of the molecule is CCOc1ccc(CC(=O)NCC(C)(O)c2ccc(-c3ccccc3)cc2)cc1. The first-order valence-corrected chi connectivity index (χ1v) is 9.85. The highest BCUT2D eigenvalue weighted by atomic mass is 16.5. The molecule has 3 rings (SSSR count). The minimum atomic E-state index is -1.15. The van der Waals surface area contributed by atoms with E-state index in [9.17, 15) is 9.90 Å². The lowest BCUT2D eigenvalue weighted by atomic mass is 9.93. The molecule has 4 nitrogen and oxygen atoms in total. The maximum Gasteiger partial charge on any atom is 0.224 e. The smallest absolute Gasteiger partial charge is 0.224 e. The van der Waals surface area contributed by atoms with Crippen molar-refractivity contribution in [1.29, 1.82) is 0 Å². The topological polar surface area (TPSA) is 58.6 Å². The average molecular weight is 389 g/mol. The van der Waals surface area contributed by atoms with Crippen LogP contribution in [0.15, 0.2) is 78.9 Å². The summed E-state index contributed by atoms with van der Waals surface area (Å²) in [4.78, 5) is 12.3. The normalized spacial score (nSPS) is 12.8. The van der Waals surface area contributed by atoms with Crippen LogP contribution in [0.4, 0.5) is 0 Å². The van der Waals surface area contributed by atoms with Gasteiger partial charge in [-0.3, -0.25) is 4.79 Å². The van der Waals surface area contributed by atoms with Crippen LogP contribution in [0, 0.1) is 0 Å². The first-order valence-electron chi connectivity index (χ1n) is 9.85. The fourth-order valence-corrected chi connectivity index (χ4v) is 3.14. The molecule has 0 fully saturated rings. The van der Waals surface area contributed by atoms with Gasteiger partial charge < -0.3 is 15.2 Å². The summed E-state index contributed by atoms with van der Waals surface area (Å²) in [6.45, 7) is 4.40. The van der Waals surface area contributed by atoms with E-state index in [4.69, 9.17) is 4.74 Å². The Morgan fingerprint density at radius 2 is 1.55 bits per heavy atom. The van der Waals surface area contributed by atoms with Crippen LogP contribution >= 0.6 is 0 Å². The second kappa shape index (κ2) is 9.39. The van der Waals surface area contributed by atoms with Crippen LogP contribution in [0.1, 0.15) is 25.0 Å². The molecule has 0 saturated heterocycles. The standard InChI is InChI=1S/C25H27NO3/c1-3-29-23-15-9-19(10-16-23)17-24(27)26-18-25(2,28)22-13-11-21(12-14-22)20-7-5-4-6-8-20/h4-16,28H,3,17-18H2,1-2H3,(H,26,27). The van der Waals surface area contributed by atoms with Gasteiger partial charge in [-0.05, 0) is 48.2 Å². The molecule has 0 aromatic heterocycles. The van der Waals surface area contributed by atoms with Crippen LogP contribution in [0.3, 0.4) is 0 Å². The monoisotopic (exact) mass is 389 g/mol. The molecular weight excluding hydrogens is 362 g/mol. The fourth-order valence-electron chi connectivity index (χ4n) is 3.14. The molecule has 3 aromatic rings. The number of aliphatic hydroxyl groups is 1.